The molecule has 0 aromatic heterocycles. The van der Waals surface area contributed by atoms with E-state index in [2.05, 4.69) is 0 Å². The summed E-state index contributed by atoms with van der Waals surface area (Å²) < 4.78 is 4.97. The molecule has 0 spiro atoms. The Morgan fingerprint density at radius 3 is 2.62 bits per heavy atom. The molecule has 0 saturated carbocycles. The summed E-state index contributed by atoms with van der Waals surface area (Å²) in [6, 6.07) is 4.94. The van der Waals surface area contributed by atoms with Crippen molar-refractivity contribution in [2.24, 2.45) is 5.73 Å². The second kappa shape index (κ2) is 4.27. The first-order chi connectivity index (χ1) is 6.19. The largest absolute Gasteiger partial charge is 0.497 e. The van der Waals surface area contributed by atoms with Crippen LogP contribution in [-0.4, -0.2) is 24.3 Å². The fourth-order valence-corrected chi connectivity index (χ4v) is 1.14. The van der Waals surface area contributed by atoms with E-state index >= 15 is 0 Å². The zero-order valence-electron chi connectivity index (χ0n) is 7.40. The third-order valence-electron chi connectivity index (χ3n) is 1.85. The molecule has 0 heterocycles. The van der Waals surface area contributed by atoms with Gasteiger partial charge in [-0.25, -0.2) is 0 Å². The van der Waals surface area contributed by atoms with E-state index in [0.29, 0.717) is 16.8 Å². The van der Waals surface area contributed by atoms with Crippen molar-refractivity contribution in [1.82, 2.24) is 0 Å². The fraction of sp³-hybridized carbons (Fsp3) is 0.250. The van der Waals surface area contributed by atoms with Crippen LogP contribution >= 0.6 is 0 Å². The summed E-state index contributed by atoms with van der Waals surface area (Å²) in [5.41, 5.74) is 6.53. The lowest BCUT2D eigenvalue weighted by atomic mass is 9.77. The zero-order chi connectivity index (χ0) is 9.84. The van der Waals surface area contributed by atoms with Gasteiger partial charge in [-0.3, -0.25) is 0 Å². The van der Waals surface area contributed by atoms with Crippen LogP contribution in [0.2, 0.25) is 0 Å². The molecule has 0 bridgehead atoms. The van der Waals surface area contributed by atoms with Gasteiger partial charge in [-0.15, -0.1) is 0 Å². The van der Waals surface area contributed by atoms with Crippen LogP contribution in [0, 0.1) is 0 Å². The number of rotatable bonds is 3. The number of hydrogen-bond donors (Lipinski definition) is 3. The lowest BCUT2D eigenvalue weighted by Crippen LogP contribution is -2.33. The summed E-state index contributed by atoms with van der Waals surface area (Å²) >= 11 is 0. The molecule has 13 heavy (non-hydrogen) atoms. The third-order valence-corrected chi connectivity index (χ3v) is 1.85. The fourth-order valence-electron chi connectivity index (χ4n) is 1.14. The molecule has 0 amide bonds. The minimum Gasteiger partial charge on any atom is -0.497 e. The molecule has 1 aromatic carbocycles. The van der Waals surface area contributed by atoms with E-state index in [1.807, 2.05) is 0 Å². The van der Waals surface area contributed by atoms with Gasteiger partial charge in [-0.05, 0) is 23.2 Å². The maximum absolute atomic E-state index is 8.96. The van der Waals surface area contributed by atoms with Crippen LogP contribution in [0.3, 0.4) is 0 Å². The average molecular weight is 181 g/mol. The molecule has 1 aromatic rings. The number of nitrogens with two attached hydrogens (primary N) is 1. The van der Waals surface area contributed by atoms with E-state index in [4.69, 9.17) is 20.5 Å². The highest BCUT2D eigenvalue weighted by Crippen LogP contribution is 2.10. The molecule has 0 aliphatic carbocycles. The van der Waals surface area contributed by atoms with Gasteiger partial charge in [0.25, 0.3) is 0 Å². The zero-order valence-corrected chi connectivity index (χ0v) is 7.40. The third kappa shape index (κ3) is 2.21. The van der Waals surface area contributed by atoms with Crippen molar-refractivity contribution in [1.29, 1.82) is 0 Å². The highest BCUT2D eigenvalue weighted by Gasteiger charge is 2.15. The minimum atomic E-state index is -1.48. The van der Waals surface area contributed by atoms with Crippen molar-refractivity contribution < 1.29 is 14.8 Å². The molecule has 0 aliphatic rings. The van der Waals surface area contributed by atoms with Gasteiger partial charge in [0.1, 0.15) is 5.75 Å². The average Bonchev–Trinajstić information content (AvgIpc) is 2.16. The van der Waals surface area contributed by atoms with E-state index in [1.54, 1.807) is 25.3 Å². The van der Waals surface area contributed by atoms with Gasteiger partial charge in [0, 0.05) is 6.54 Å². The van der Waals surface area contributed by atoms with Crippen LogP contribution in [-0.2, 0) is 6.54 Å². The van der Waals surface area contributed by atoms with Gasteiger partial charge >= 0.3 is 7.12 Å². The Morgan fingerprint density at radius 2 is 2.15 bits per heavy atom. The van der Waals surface area contributed by atoms with Crippen molar-refractivity contribution in [3.05, 3.63) is 23.8 Å². The molecule has 0 fully saturated rings. The molecule has 70 valence electrons. The Balaban J connectivity index is 3.08. The summed E-state index contributed by atoms with van der Waals surface area (Å²) in [6.45, 7) is 0.254. The van der Waals surface area contributed by atoms with Gasteiger partial charge in [0.2, 0.25) is 0 Å². The highest BCUT2D eigenvalue weighted by molar-refractivity contribution is 6.59. The molecular formula is C8H12BNO3. The second-order valence-corrected chi connectivity index (χ2v) is 2.64. The normalized spacial score (nSPS) is 9.85. The summed E-state index contributed by atoms with van der Waals surface area (Å²) in [5.74, 6) is 0.657. The van der Waals surface area contributed by atoms with E-state index < -0.39 is 7.12 Å². The summed E-state index contributed by atoms with van der Waals surface area (Å²) in [5, 5.41) is 17.9. The smallest absolute Gasteiger partial charge is 0.488 e. The van der Waals surface area contributed by atoms with Crippen molar-refractivity contribution in [2.75, 3.05) is 7.11 Å². The van der Waals surface area contributed by atoms with Gasteiger partial charge in [-0.2, -0.15) is 0 Å². The Kier molecular flexibility index (Phi) is 3.30. The molecule has 1 rings (SSSR count). The van der Waals surface area contributed by atoms with E-state index in [1.165, 1.54) is 0 Å². The number of hydrogen-bond acceptors (Lipinski definition) is 4. The minimum absolute atomic E-state index is 0.254. The lowest BCUT2D eigenvalue weighted by molar-refractivity contribution is 0.413. The highest BCUT2D eigenvalue weighted by atomic mass is 16.5. The quantitative estimate of drug-likeness (QED) is 0.513. The van der Waals surface area contributed by atoms with Gasteiger partial charge in [-0.1, -0.05) is 6.07 Å². The molecule has 0 radical (unpaired) electrons. The summed E-state index contributed by atoms with van der Waals surface area (Å²) in [4.78, 5) is 0. The maximum atomic E-state index is 8.96. The lowest BCUT2D eigenvalue weighted by Gasteiger charge is -2.08. The van der Waals surface area contributed by atoms with Crippen LogP contribution in [0.15, 0.2) is 18.2 Å². The number of ether oxygens (including phenoxy) is 1. The molecular weight excluding hydrogens is 169 g/mol. The first-order valence-corrected chi connectivity index (χ1v) is 3.92. The van der Waals surface area contributed by atoms with Crippen molar-refractivity contribution in [2.45, 2.75) is 6.54 Å². The second-order valence-electron chi connectivity index (χ2n) is 2.64. The van der Waals surface area contributed by atoms with Crippen molar-refractivity contribution in [3.8, 4) is 5.75 Å². The number of methoxy groups -OCH3 is 1. The molecule has 4 nitrogen and oxygen atoms in total. The van der Waals surface area contributed by atoms with E-state index in [0.717, 1.165) is 0 Å². The van der Waals surface area contributed by atoms with Gasteiger partial charge in [0.05, 0.1) is 7.11 Å². The predicted molar refractivity (Wildman–Crippen MR) is 50.7 cm³/mol. The van der Waals surface area contributed by atoms with Crippen LogP contribution in [0.5, 0.6) is 5.75 Å². The predicted octanol–water partition coefficient (Wildman–Crippen LogP) is -1.17. The molecule has 5 heteroatoms. The van der Waals surface area contributed by atoms with Gasteiger partial charge < -0.3 is 20.5 Å². The SMILES string of the molecule is COc1ccc(B(O)O)c(CN)c1. The monoisotopic (exact) mass is 181 g/mol. The number of benzene rings is 1. The van der Waals surface area contributed by atoms with Crippen LogP contribution in [0.25, 0.3) is 0 Å². The summed E-state index contributed by atoms with van der Waals surface area (Å²) in [7, 11) is 0.0643. The standard InChI is InChI=1S/C8H12BNO3/c1-13-7-2-3-8(9(11)12)6(4-7)5-10/h2-4,11-12H,5,10H2,1H3. The topological polar surface area (TPSA) is 75.7 Å². The molecule has 0 saturated heterocycles. The van der Waals surface area contributed by atoms with Gasteiger partial charge in [0.15, 0.2) is 0 Å². The molecule has 0 aliphatic heterocycles. The maximum Gasteiger partial charge on any atom is 0.488 e. The first-order valence-electron chi connectivity index (χ1n) is 3.92. The van der Waals surface area contributed by atoms with E-state index in [-0.39, 0.29) is 6.54 Å². The Morgan fingerprint density at radius 1 is 1.46 bits per heavy atom. The van der Waals surface area contributed by atoms with Crippen LogP contribution < -0.4 is 15.9 Å². The van der Waals surface area contributed by atoms with Crippen LogP contribution in [0.4, 0.5) is 0 Å². The Bertz CT molecular complexity index is 291. The van der Waals surface area contributed by atoms with Crippen molar-refractivity contribution in [3.63, 3.8) is 0 Å². The van der Waals surface area contributed by atoms with Crippen LogP contribution in [0.1, 0.15) is 5.56 Å². The Hall–Kier alpha value is -1.04. The molecule has 4 N–H and O–H groups in total. The molecule has 0 atom stereocenters. The Labute approximate surface area is 77.1 Å². The van der Waals surface area contributed by atoms with E-state index in [9.17, 15) is 0 Å². The summed E-state index contributed by atoms with van der Waals surface area (Å²) in [6.07, 6.45) is 0. The first kappa shape index (κ1) is 10.0. The molecule has 0 unspecified atom stereocenters. The van der Waals surface area contributed by atoms with Crippen molar-refractivity contribution >= 4 is 12.6 Å².